The third-order valence-corrected chi connectivity index (χ3v) is 4.98. The van der Waals surface area contributed by atoms with Gasteiger partial charge in [-0.2, -0.15) is 0 Å². The Hall–Kier alpha value is -2.68. The monoisotopic (exact) mass is 383 g/mol. The fourth-order valence-electron chi connectivity index (χ4n) is 3.42. The maximum absolute atomic E-state index is 10.1. The Morgan fingerprint density at radius 2 is 2.04 bits per heavy atom. The number of hydrogen-bond acceptors (Lipinski definition) is 7. The second-order valence-corrected chi connectivity index (χ2v) is 6.85. The van der Waals surface area contributed by atoms with Crippen LogP contribution in [0.2, 0.25) is 0 Å². The van der Waals surface area contributed by atoms with Gasteiger partial charge in [0.15, 0.2) is 0 Å². The average Bonchev–Trinajstić information content (AvgIpc) is 3.07. The lowest BCUT2D eigenvalue weighted by atomic mass is 10.2. The normalized spacial score (nSPS) is 15.2. The van der Waals surface area contributed by atoms with Crippen LogP contribution in [0.3, 0.4) is 0 Å². The van der Waals surface area contributed by atoms with Gasteiger partial charge in [0.25, 0.3) is 0 Å². The third-order valence-electron chi connectivity index (χ3n) is 4.98. The summed E-state index contributed by atoms with van der Waals surface area (Å²) in [6, 6.07) is 9.06. The zero-order valence-electron chi connectivity index (χ0n) is 15.7. The molecular weight excluding hydrogens is 358 g/mol. The predicted molar refractivity (Wildman–Crippen MR) is 106 cm³/mol. The molecule has 28 heavy (non-hydrogen) atoms. The maximum Gasteiger partial charge on any atom is 0.204 e. The van der Waals surface area contributed by atoms with Crippen LogP contribution in [0.5, 0.6) is 5.75 Å². The van der Waals surface area contributed by atoms with Crippen molar-refractivity contribution in [3.05, 3.63) is 47.8 Å². The number of fused-ring (bicyclic) bond motifs is 1. The number of hydrogen-bond donors (Lipinski definition) is 3. The molecule has 0 amide bonds. The van der Waals surface area contributed by atoms with Gasteiger partial charge in [0.1, 0.15) is 11.4 Å². The molecule has 0 bridgehead atoms. The number of nitrogens with zero attached hydrogens (tertiary/aromatic N) is 4. The lowest BCUT2D eigenvalue weighted by Gasteiger charge is -2.26. The molecule has 148 valence electrons. The standard InChI is InChI=1S/C20H25N5O3/c26-14-15-3-4-18-16(12-15)23-20(22-6-7-24-8-10-28-11-9-24)25(18)13-17-19(27)2-1-5-21-17/h1-5,12,26-27H,6-11,13-14H2,(H,22,23). The molecule has 1 aliphatic heterocycles. The van der Waals surface area contributed by atoms with Crippen molar-refractivity contribution >= 4 is 17.0 Å². The van der Waals surface area contributed by atoms with Gasteiger partial charge >= 0.3 is 0 Å². The van der Waals surface area contributed by atoms with E-state index in [0.717, 1.165) is 61.9 Å². The number of morpholine rings is 1. The SMILES string of the molecule is OCc1ccc2c(c1)nc(NCCN1CCOCC1)n2Cc1ncccc1O. The summed E-state index contributed by atoms with van der Waals surface area (Å²) >= 11 is 0. The second kappa shape index (κ2) is 8.55. The Morgan fingerprint density at radius 3 is 2.82 bits per heavy atom. The molecular formula is C20H25N5O3. The molecule has 0 spiro atoms. The number of aromatic nitrogens is 3. The summed E-state index contributed by atoms with van der Waals surface area (Å²) < 4.78 is 7.40. The largest absolute Gasteiger partial charge is 0.506 e. The Labute approximate surface area is 163 Å². The molecule has 8 nitrogen and oxygen atoms in total. The van der Waals surface area contributed by atoms with E-state index in [-0.39, 0.29) is 12.4 Å². The summed E-state index contributed by atoms with van der Waals surface area (Å²) in [7, 11) is 0. The first kappa shape index (κ1) is 18.7. The first-order valence-corrected chi connectivity index (χ1v) is 9.51. The first-order valence-electron chi connectivity index (χ1n) is 9.51. The summed E-state index contributed by atoms with van der Waals surface area (Å²) in [6.45, 7) is 5.49. The van der Waals surface area contributed by atoms with Crippen LogP contribution >= 0.6 is 0 Å². The first-order chi connectivity index (χ1) is 13.7. The van der Waals surface area contributed by atoms with E-state index in [1.807, 2.05) is 22.8 Å². The lowest BCUT2D eigenvalue weighted by molar-refractivity contribution is 0.0398. The Balaban J connectivity index is 1.58. The van der Waals surface area contributed by atoms with E-state index >= 15 is 0 Å². The molecule has 8 heteroatoms. The van der Waals surface area contributed by atoms with Crippen LogP contribution in [-0.4, -0.2) is 69.0 Å². The van der Waals surface area contributed by atoms with Gasteiger partial charge in [-0.05, 0) is 29.8 Å². The number of benzene rings is 1. The van der Waals surface area contributed by atoms with Crippen LogP contribution in [-0.2, 0) is 17.9 Å². The van der Waals surface area contributed by atoms with Gasteiger partial charge in [0.2, 0.25) is 5.95 Å². The third kappa shape index (κ3) is 4.09. The van der Waals surface area contributed by atoms with Gasteiger partial charge in [-0.15, -0.1) is 0 Å². The van der Waals surface area contributed by atoms with Crippen molar-refractivity contribution in [1.82, 2.24) is 19.4 Å². The topological polar surface area (TPSA) is 95.7 Å². The predicted octanol–water partition coefficient (Wildman–Crippen LogP) is 1.42. The van der Waals surface area contributed by atoms with Crippen molar-refractivity contribution in [1.29, 1.82) is 0 Å². The van der Waals surface area contributed by atoms with E-state index in [0.29, 0.717) is 12.2 Å². The number of aliphatic hydroxyl groups excluding tert-OH is 1. The van der Waals surface area contributed by atoms with Crippen molar-refractivity contribution in [2.24, 2.45) is 0 Å². The minimum atomic E-state index is -0.0242. The fourth-order valence-corrected chi connectivity index (χ4v) is 3.42. The molecule has 1 aromatic carbocycles. The van der Waals surface area contributed by atoms with Crippen LogP contribution in [0.15, 0.2) is 36.5 Å². The zero-order valence-corrected chi connectivity index (χ0v) is 15.7. The number of rotatable bonds is 7. The number of ether oxygens (including phenoxy) is 1. The average molecular weight is 383 g/mol. The van der Waals surface area contributed by atoms with Crippen LogP contribution in [0.1, 0.15) is 11.3 Å². The Kier molecular flexibility index (Phi) is 5.70. The van der Waals surface area contributed by atoms with Gasteiger partial charge < -0.3 is 24.8 Å². The smallest absolute Gasteiger partial charge is 0.204 e. The number of imidazole rings is 1. The van der Waals surface area contributed by atoms with Crippen molar-refractivity contribution in [3.8, 4) is 5.75 Å². The zero-order chi connectivity index (χ0) is 19.3. The summed E-state index contributed by atoms with van der Waals surface area (Å²) in [5.41, 5.74) is 3.13. The second-order valence-electron chi connectivity index (χ2n) is 6.85. The Bertz CT molecular complexity index is 937. The number of aliphatic hydroxyl groups is 1. The molecule has 3 aromatic rings. The molecule has 2 aromatic heterocycles. The molecule has 3 heterocycles. The van der Waals surface area contributed by atoms with Crippen LogP contribution in [0, 0.1) is 0 Å². The lowest BCUT2D eigenvalue weighted by Crippen LogP contribution is -2.39. The molecule has 3 N–H and O–H groups in total. The molecule has 0 saturated carbocycles. The molecule has 4 rings (SSSR count). The van der Waals surface area contributed by atoms with Crippen LogP contribution in [0.4, 0.5) is 5.95 Å². The summed E-state index contributed by atoms with van der Waals surface area (Å²) in [6.07, 6.45) is 1.67. The molecule has 0 radical (unpaired) electrons. The highest BCUT2D eigenvalue weighted by molar-refractivity contribution is 5.79. The summed E-state index contributed by atoms with van der Waals surface area (Å²) in [5, 5.41) is 23.0. The maximum atomic E-state index is 10.1. The molecule has 1 fully saturated rings. The van der Waals surface area contributed by atoms with E-state index in [4.69, 9.17) is 9.72 Å². The van der Waals surface area contributed by atoms with Gasteiger partial charge in [0, 0.05) is 32.4 Å². The summed E-state index contributed by atoms with van der Waals surface area (Å²) in [5.74, 6) is 0.888. The van der Waals surface area contributed by atoms with Gasteiger partial charge in [-0.25, -0.2) is 4.98 Å². The number of aromatic hydroxyl groups is 1. The molecule has 0 aliphatic carbocycles. The minimum Gasteiger partial charge on any atom is -0.506 e. The summed E-state index contributed by atoms with van der Waals surface area (Å²) in [4.78, 5) is 11.4. The minimum absolute atomic E-state index is 0.0242. The highest BCUT2D eigenvalue weighted by Crippen LogP contribution is 2.24. The highest BCUT2D eigenvalue weighted by atomic mass is 16.5. The quantitative estimate of drug-likeness (QED) is 0.568. The molecule has 0 unspecified atom stereocenters. The van der Waals surface area contributed by atoms with Crippen molar-refractivity contribution in [2.75, 3.05) is 44.7 Å². The highest BCUT2D eigenvalue weighted by Gasteiger charge is 2.15. The van der Waals surface area contributed by atoms with Gasteiger partial charge in [0.05, 0.1) is 37.4 Å². The van der Waals surface area contributed by atoms with E-state index in [1.165, 1.54) is 0 Å². The molecule has 0 atom stereocenters. The van der Waals surface area contributed by atoms with Crippen LogP contribution in [0.25, 0.3) is 11.0 Å². The number of anilines is 1. The fraction of sp³-hybridized carbons (Fsp3) is 0.400. The molecule has 1 aliphatic rings. The molecule has 1 saturated heterocycles. The Morgan fingerprint density at radius 1 is 1.18 bits per heavy atom. The number of pyridine rings is 1. The van der Waals surface area contributed by atoms with Gasteiger partial charge in [-0.3, -0.25) is 9.88 Å². The van der Waals surface area contributed by atoms with E-state index in [2.05, 4.69) is 15.2 Å². The van der Waals surface area contributed by atoms with E-state index in [1.54, 1.807) is 18.3 Å². The van der Waals surface area contributed by atoms with Crippen molar-refractivity contribution in [3.63, 3.8) is 0 Å². The van der Waals surface area contributed by atoms with Gasteiger partial charge in [-0.1, -0.05) is 6.07 Å². The van der Waals surface area contributed by atoms with E-state index < -0.39 is 0 Å². The van der Waals surface area contributed by atoms with Crippen LogP contribution < -0.4 is 5.32 Å². The number of nitrogens with one attached hydrogen (secondary N) is 1. The van der Waals surface area contributed by atoms with Crippen molar-refractivity contribution < 1.29 is 14.9 Å². The van der Waals surface area contributed by atoms with Crippen molar-refractivity contribution in [2.45, 2.75) is 13.2 Å². The van der Waals surface area contributed by atoms with E-state index in [9.17, 15) is 10.2 Å².